The van der Waals surface area contributed by atoms with Crippen LogP contribution < -0.4 is 25.0 Å². The lowest BCUT2D eigenvalue weighted by Crippen LogP contribution is -2.32. The maximum absolute atomic E-state index is 11.9. The van der Waals surface area contributed by atoms with Crippen molar-refractivity contribution >= 4 is 23.7 Å². The van der Waals surface area contributed by atoms with Gasteiger partial charge in [0, 0.05) is 5.69 Å². The third kappa shape index (κ3) is 5.23. The van der Waals surface area contributed by atoms with Crippen LogP contribution in [0.3, 0.4) is 0 Å². The first kappa shape index (κ1) is 19.2. The maximum Gasteiger partial charge on any atom is 0.329 e. The fourth-order valence-corrected chi connectivity index (χ4v) is 2.37. The van der Waals surface area contributed by atoms with Gasteiger partial charge in [0.15, 0.2) is 11.5 Å². The molecule has 0 aliphatic carbocycles. The van der Waals surface area contributed by atoms with Crippen molar-refractivity contribution in [3.8, 4) is 17.2 Å². The summed E-state index contributed by atoms with van der Waals surface area (Å²) in [5.41, 5.74) is 3.37. The van der Waals surface area contributed by atoms with Crippen LogP contribution in [0, 0.1) is 0 Å². The van der Waals surface area contributed by atoms with Crippen molar-refractivity contribution < 1.29 is 23.8 Å². The highest BCUT2D eigenvalue weighted by molar-refractivity contribution is 6.39. The minimum Gasteiger partial charge on any atom is -0.494 e. The third-order valence-electron chi connectivity index (χ3n) is 3.86. The molecule has 0 bridgehead atoms. The van der Waals surface area contributed by atoms with E-state index in [2.05, 4.69) is 22.8 Å². The summed E-state index contributed by atoms with van der Waals surface area (Å²) in [4.78, 5) is 23.8. The van der Waals surface area contributed by atoms with E-state index in [1.807, 2.05) is 0 Å². The fraction of sp³-hybridized carbons (Fsp3) is 0.250. The molecule has 0 saturated carbocycles. The number of fused-ring (bicyclic) bond motifs is 1. The summed E-state index contributed by atoms with van der Waals surface area (Å²) in [5, 5.41) is 6.29. The molecule has 0 spiro atoms. The molecule has 8 nitrogen and oxygen atoms in total. The number of benzene rings is 2. The lowest BCUT2D eigenvalue weighted by atomic mass is 10.2. The first-order chi connectivity index (χ1) is 13.7. The van der Waals surface area contributed by atoms with Crippen LogP contribution >= 0.6 is 0 Å². The van der Waals surface area contributed by atoms with E-state index in [9.17, 15) is 9.59 Å². The minimum absolute atomic E-state index is 0.179. The highest BCUT2D eigenvalue weighted by atomic mass is 16.7. The van der Waals surface area contributed by atoms with Gasteiger partial charge in [-0.1, -0.05) is 13.3 Å². The topological polar surface area (TPSA) is 98.2 Å². The molecule has 0 unspecified atom stereocenters. The molecule has 8 heteroatoms. The number of unbranched alkanes of at least 4 members (excludes halogenated alkanes) is 1. The molecule has 2 aromatic carbocycles. The second kappa shape index (κ2) is 9.40. The molecule has 2 aromatic rings. The van der Waals surface area contributed by atoms with Crippen LogP contribution in [0.2, 0.25) is 0 Å². The average molecular weight is 383 g/mol. The molecule has 1 aliphatic rings. The van der Waals surface area contributed by atoms with Gasteiger partial charge < -0.3 is 19.5 Å². The Labute approximate surface area is 162 Å². The van der Waals surface area contributed by atoms with Gasteiger partial charge in [-0.2, -0.15) is 5.10 Å². The van der Waals surface area contributed by atoms with Gasteiger partial charge in [-0.05, 0) is 54.4 Å². The summed E-state index contributed by atoms with van der Waals surface area (Å²) in [5.74, 6) is 0.282. The Bertz CT molecular complexity index is 865. The highest BCUT2D eigenvalue weighted by Gasteiger charge is 2.14. The molecule has 1 heterocycles. The third-order valence-corrected chi connectivity index (χ3v) is 3.86. The number of anilines is 1. The van der Waals surface area contributed by atoms with E-state index in [0.29, 0.717) is 35.1 Å². The number of nitrogens with zero attached hydrogens (tertiary/aromatic N) is 1. The van der Waals surface area contributed by atoms with Crippen molar-refractivity contribution in [2.75, 3.05) is 18.7 Å². The Morgan fingerprint density at radius 3 is 2.68 bits per heavy atom. The minimum atomic E-state index is -0.875. The van der Waals surface area contributed by atoms with Crippen LogP contribution in [0.5, 0.6) is 17.2 Å². The Morgan fingerprint density at radius 2 is 1.89 bits per heavy atom. The van der Waals surface area contributed by atoms with E-state index in [1.54, 1.807) is 42.5 Å². The SMILES string of the molecule is CCCCOc1ccc(NC(=O)C(=O)N/N=C\c2ccc3c(c2)OCO3)cc1. The summed E-state index contributed by atoms with van der Waals surface area (Å²) in [7, 11) is 0. The Morgan fingerprint density at radius 1 is 1.11 bits per heavy atom. The number of amides is 2. The van der Waals surface area contributed by atoms with Crippen molar-refractivity contribution in [3.05, 3.63) is 48.0 Å². The molecule has 0 fully saturated rings. The normalized spacial score (nSPS) is 12.0. The summed E-state index contributed by atoms with van der Waals surface area (Å²) < 4.78 is 16.0. The number of carbonyl (C=O) groups is 2. The molecule has 3 rings (SSSR count). The number of rotatable bonds is 7. The van der Waals surface area contributed by atoms with Crippen molar-refractivity contribution in [2.24, 2.45) is 5.10 Å². The molecule has 0 saturated heterocycles. The largest absolute Gasteiger partial charge is 0.494 e. The van der Waals surface area contributed by atoms with Crippen LogP contribution in [-0.4, -0.2) is 31.4 Å². The van der Waals surface area contributed by atoms with Gasteiger partial charge in [0.2, 0.25) is 6.79 Å². The zero-order valence-electron chi connectivity index (χ0n) is 15.4. The molecule has 2 amide bonds. The van der Waals surface area contributed by atoms with E-state index in [0.717, 1.165) is 12.8 Å². The molecule has 0 radical (unpaired) electrons. The zero-order valence-corrected chi connectivity index (χ0v) is 15.4. The van der Waals surface area contributed by atoms with Crippen molar-refractivity contribution in [2.45, 2.75) is 19.8 Å². The quantitative estimate of drug-likeness (QED) is 0.332. The Balaban J connectivity index is 1.47. The molecular formula is C20H21N3O5. The number of ether oxygens (including phenoxy) is 3. The number of hydrogen-bond donors (Lipinski definition) is 2. The average Bonchev–Trinajstić information content (AvgIpc) is 3.17. The second-order valence-corrected chi connectivity index (χ2v) is 5.99. The lowest BCUT2D eigenvalue weighted by Gasteiger charge is -2.07. The summed E-state index contributed by atoms with van der Waals surface area (Å²) in [6, 6.07) is 12.0. The Kier molecular flexibility index (Phi) is 6.46. The maximum atomic E-state index is 11.9. The number of nitrogens with one attached hydrogen (secondary N) is 2. The van der Waals surface area contributed by atoms with Gasteiger partial charge >= 0.3 is 11.8 Å². The van der Waals surface area contributed by atoms with Gasteiger partial charge in [-0.3, -0.25) is 9.59 Å². The van der Waals surface area contributed by atoms with Gasteiger partial charge in [0.25, 0.3) is 0 Å². The molecule has 0 aromatic heterocycles. The van der Waals surface area contributed by atoms with Crippen LogP contribution in [0.1, 0.15) is 25.3 Å². The molecule has 146 valence electrons. The molecule has 28 heavy (non-hydrogen) atoms. The molecule has 0 atom stereocenters. The predicted octanol–water partition coefficient (Wildman–Crippen LogP) is 2.68. The van der Waals surface area contributed by atoms with E-state index < -0.39 is 11.8 Å². The number of hydrazone groups is 1. The first-order valence-electron chi connectivity index (χ1n) is 8.92. The second-order valence-electron chi connectivity index (χ2n) is 5.99. The van der Waals surface area contributed by atoms with E-state index >= 15 is 0 Å². The van der Waals surface area contributed by atoms with E-state index in [4.69, 9.17) is 14.2 Å². The monoisotopic (exact) mass is 383 g/mol. The molecular weight excluding hydrogens is 362 g/mol. The molecule has 2 N–H and O–H groups in total. The smallest absolute Gasteiger partial charge is 0.329 e. The standard InChI is InChI=1S/C20H21N3O5/c1-2-3-10-26-16-7-5-15(6-8-16)22-19(24)20(25)23-21-12-14-4-9-17-18(11-14)28-13-27-17/h4-9,11-12H,2-3,10,13H2,1H3,(H,22,24)(H,23,25)/b21-12-. The van der Waals surface area contributed by atoms with Crippen molar-refractivity contribution in [3.63, 3.8) is 0 Å². The predicted molar refractivity (Wildman–Crippen MR) is 104 cm³/mol. The van der Waals surface area contributed by atoms with Crippen LogP contribution in [0.25, 0.3) is 0 Å². The van der Waals surface area contributed by atoms with Crippen LogP contribution in [-0.2, 0) is 9.59 Å². The number of hydrogen-bond acceptors (Lipinski definition) is 6. The van der Waals surface area contributed by atoms with E-state index in [1.165, 1.54) is 6.21 Å². The van der Waals surface area contributed by atoms with Crippen molar-refractivity contribution in [1.82, 2.24) is 5.43 Å². The van der Waals surface area contributed by atoms with E-state index in [-0.39, 0.29) is 6.79 Å². The van der Waals surface area contributed by atoms with Gasteiger partial charge in [0.05, 0.1) is 12.8 Å². The summed E-state index contributed by atoms with van der Waals surface area (Å²) in [6.07, 6.45) is 3.45. The Hall–Kier alpha value is -3.55. The highest BCUT2D eigenvalue weighted by Crippen LogP contribution is 2.31. The van der Waals surface area contributed by atoms with Gasteiger partial charge in [-0.25, -0.2) is 5.43 Å². The fourth-order valence-electron chi connectivity index (χ4n) is 2.37. The van der Waals surface area contributed by atoms with Crippen LogP contribution in [0.15, 0.2) is 47.6 Å². The van der Waals surface area contributed by atoms with Gasteiger partial charge in [-0.15, -0.1) is 0 Å². The van der Waals surface area contributed by atoms with Crippen molar-refractivity contribution in [1.29, 1.82) is 0 Å². The zero-order chi connectivity index (χ0) is 19.8. The molecule has 1 aliphatic heterocycles. The lowest BCUT2D eigenvalue weighted by molar-refractivity contribution is -0.136. The number of carbonyl (C=O) groups excluding carboxylic acids is 2. The summed E-state index contributed by atoms with van der Waals surface area (Å²) >= 11 is 0. The summed E-state index contributed by atoms with van der Waals surface area (Å²) in [6.45, 7) is 2.91. The van der Waals surface area contributed by atoms with Crippen LogP contribution in [0.4, 0.5) is 5.69 Å². The first-order valence-corrected chi connectivity index (χ1v) is 8.92. The van der Waals surface area contributed by atoms with Gasteiger partial charge in [0.1, 0.15) is 5.75 Å².